The van der Waals surface area contributed by atoms with Crippen LogP contribution in [0.5, 0.6) is 0 Å². The third kappa shape index (κ3) is 42.5. The number of rotatable bonds is 46. The lowest BCUT2D eigenvalue weighted by Gasteiger charge is -2.21. The summed E-state index contributed by atoms with van der Waals surface area (Å²) in [5, 5.41) is 33.2. The lowest BCUT2D eigenvalue weighted by atomic mass is 10.0. The summed E-state index contributed by atoms with van der Waals surface area (Å²) in [5.41, 5.74) is 0. The fourth-order valence-electron chi connectivity index (χ4n) is 7.75. The Balaban J connectivity index is 3.67. The van der Waals surface area contributed by atoms with E-state index in [2.05, 4.69) is 43.5 Å². The zero-order chi connectivity index (χ0) is 41.5. The molecule has 0 aromatic rings. The second-order valence-electron chi connectivity index (χ2n) is 17.4. The molecule has 0 spiro atoms. The molecule has 57 heavy (non-hydrogen) atoms. The summed E-state index contributed by atoms with van der Waals surface area (Å²) < 4.78 is 0. The van der Waals surface area contributed by atoms with Crippen molar-refractivity contribution in [1.29, 1.82) is 0 Å². The molecule has 0 aliphatic rings. The van der Waals surface area contributed by atoms with E-state index in [-0.39, 0.29) is 6.61 Å². The van der Waals surface area contributed by atoms with E-state index in [1.54, 1.807) is 6.08 Å². The van der Waals surface area contributed by atoms with E-state index >= 15 is 0 Å². The van der Waals surface area contributed by atoms with E-state index in [1.165, 1.54) is 199 Å². The van der Waals surface area contributed by atoms with Gasteiger partial charge in [0, 0.05) is 0 Å². The Morgan fingerprint density at radius 3 is 1.07 bits per heavy atom. The van der Waals surface area contributed by atoms with Gasteiger partial charge >= 0.3 is 0 Å². The van der Waals surface area contributed by atoms with Crippen molar-refractivity contribution in [2.45, 2.75) is 283 Å². The molecule has 0 aliphatic heterocycles. The van der Waals surface area contributed by atoms with Gasteiger partial charge in [-0.2, -0.15) is 0 Å². The van der Waals surface area contributed by atoms with E-state index < -0.39 is 24.2 Å². The van der Waals surface area contributed by atoms with Crippen molar-refractivity contribution in [2.75, 3.05) is 6.61 Å². The number of hydrogen-bond acceptors (Lipinski definition) is 4. The predicted octanol–water partition coefficient (Wildman–Crippen LogP) is 15.1. The number of aliphatic hydroxyl groups excluding tert-OH is 3. The molecule has 0 aliphatic carbocycles. The zero-order valence-electron chi connectivity index (χ0n) is 38.2. The van der Waals surface area contributed by atoms with Gasteiger partial charge in [0.1, 0.15) is 6.10 Å². The summed E-state index contributed by atoms with van der Waals surface area (Å²) in [6.45, 7) is 4.19. The van der Waals surface area contributed by atoms with Crippen LogP contribution in [0.15, 0.2) is 36.5 Å². The van der Waals surface area contributed by atoms with Crippen LogP contribution in [-0.2, 0) is 4.79 Å². The van der Waals surface area contributed by atoms with Crippen LogP contribution < -0.4 is 5.32 Å². The Morgan fingerprint density at radius 2 is 0.719 bits per heavy atom. The van der Waals surface area contributed by atoms with Gasteiger partial charge in [0.25, 0.3) is 0 Å². The third-order valence-electron chi connectivity index (χ3n) is 11.7. The molecule has 5 heteroatoms. The molecular weight excluding hydrogens is 703 g/mol. The molecule has 0 radical (unpaired) electrons. The van der Waals surface area contributed by atoms with Crippen molar-refractivity contribution < 1.29 is 20.1 Å². The van der Waals surface area contributed by atoms with Crippen LogP contribution in [0.3, 0.4) is 0 Å². The highest BCUT2D eigenvalue weighted by Gasteiger charge is 2.22. The standard InChI is InChI=1S/C52H99NO4/c1-3-5-7-9-11-13-15-17-19-21-23-25-27-28-30-32-34-36-38-40-42-44-46-50(55)49(48-54)53-52(57)51(56)47-45-43-41-39-37-35-33-31-29-26-24-22-20-18-16-14-12-10-8-6-4-2/h28,30,36,38,44,46,49-51,54-56H,3-27,29,31-35,37,39-43,45,47-48H2,1-2H3,(H,53,57)/b30-28+,38-36+,46-44+. The van der Waals surface area contributed by atoms with Crippen LogP contribution in [0, 0.1) is 0 Å². The summed E-state index contributed by atoms with van der Waals surface area (Å²) in [4.78, 5) is 12.5. The fourth-order valence-corrected chi connectivity index (χ4v) is 7.75. The van der Waals surface area contributed by atoms with E-state index in [0.717, 1.165) is 44.9 Å². The van der Waals surface area contributed by atoms with Gasteiger partial charge in [0.2, 0.25) is 5.91 Å². The first kappa shape index (κ1) is 55.6. The maximum Gasteiger partial charge on any atom is 0.249 e. The molecule has 4 N–H and O–H groups in total. The number of allylic oxidation sites excluding steroid dienone is 5. The maximum atomic E-state index is 12.5. The Hall–Kier alpha value is -1.43. The quantitative estimate of drug-likeness (QED) is 0.0365. The molecule has 336 valence electrons. The van der Waals surface area contributed by atoms with Crippen LogP contribution in [0.1, 0.15) is 264 Å². The molecule has 0 rings (SSSR count). The third-order valence-corrected chi connectivity index (χ3v) is 11.7. The SMILES string of the molecule is CCCCCCCCCCCCCC/C=C/CC/C=C/CC/C=C/C(O)C(CO)NC(=O)C(O)CCCCCCCCCCCCCCCCCCCCCCC. The van der Waals surface area contributed by atoms with Crippen LogP contribution in [0.2, 0.25) is 0 Å². The number of carbonyl (C=O) groups excluding carboxylic acids is 1. The highest BCUT2D eigenvalue weighted by Crippen LogP contribution is 2.16. The number of carbonyl (C=O) groups is 1. The van der Waals surface area contributed by atoms with Crippen molar-refractivity contribution in [3.63, 3.8) is 0 Å². The van der Waals surface area contributed by atoms with Crippen LogP contribution >= 0.6 is 0 Å². The van der Waals surface area contributed by atoms with Gasteiger partial charge in [-0.05, 0) is 44.9 Å². The van der Waals surface area contributed by atoms with E-state index in [1.807, 2.05) is 6.08 Å². The molecule has 0 aromatic carbocycles. The van der Waals surface area contributed by atoms with Crippen molar-refractivity contribution in [2.24, 2.45) is 0 Å². The number of nitrogens with one attached hydrogen (secondary N) is 1. The van der Waals surface area contributed by atoms with Crippen molar-refractivity contribution >= 4 is 5.91 Å². The van der Waals surface area contributed by atoms with Gasteiger partial charge in [0.05, 0.1) is 18.8 Å². The summed E-state index contributed by atoms with van der Waals surface area (Å²) in [6.07, 6.45) is 60.6. The van der Waals surface area contributed by atoms with E-state index in [9.17, 15) is 20.1 Å². The molecule has 0 heterocycles. The Kier molecular flexibility index (Phi) is 46.1. The van der Waals surface area contributed by atoms with Gasteiger partial charge < -0.3 is 20.6 Å². The first-order valence-corrected chi connectivity index (χ1v) is 25.3. The fraction of sp³-hybridized carbons (Fsp3) is 0.865. The Morgan fingerprint density at radius 1 is 0.421 bits per heavy atom. The molecule has 3 atom stereocenters. The predicted molar refractivity (Wildman–Crippen MR) is 250 cm³/mol. The molecule has 0 aromatic heterocycles. The lowest BCUT2D eigenvalue weighted by molar-refractivity contribution is -0.131. The van der Waals surface area contributed by atoms with Crippen LogP contribution in [-0.4, -0.2) is 46.1 Å². The molecule has 3 unspecified atom stereocenters. The second kappa shape index (κ2) is 47.3. The highest BCUT2D eigenvalue weighted by molar-refractivity contribution is 5.80. The molecule has 0 saturated heterocycles. The summed E-state index contributed by atoms with van der Waals surface area (Å²) >= 11 is 0. The molecule has 0 fully saturated rings. The Bertz CT molecular complexity index is 885. The van der Waals surface area contributed by atoms with Gasteiger partial charge in [-0.1, -0.05) is 256 Å². The number of amides is 1. The molecule has 1 amide bonds. The smallest absolute Gasteiger partial charge is 0.249 e. The lowest BCUT2D eigenvalue weighted by Crippen LogP contribution is -2.48. The molecular formula is C52H99NO4. The highest BCUT2D eigenvalue weighted by atomic mass is 16.3. The first-order valence-electron chi connectivity index (χ1n) is 25.3. The molecule has 0 saturated carbocycles. The van der Waals surface area contributed by atoms with Crippen molar-refractivity contribution in [3.05, 3.63) is 36.5 Å². The van der Waals surface area contributed by atoms with E-state index in [4.69, 9.17) is 0 Å². The van der Waals surface area contributed by atoms with Gasteiger partial charge in [0.15, 0.2) is 0 Å². The minimum absolute atomic E-state index is 0.379. The van der Waals surface area contributed by atoms with Gasteiger partial charge in [-0.3, -0.25) is 4.79 Å². The second-order valence-corrected chi connectivity index (χ2v) is 17.4. The topological polar surface area (TPSA) is 89.8 Å². The number of unbranched alkanes of at least 4 members (excludes halogenated alkanes) is 34. The first-order chi connectivity index (χ1) is 28.1. The van der Waals surface area contributed by atoms with Crippen molar-refractivity contribution in [1.82, 2.24) is 5.32 Å². The van der Waals surface area contributed by atoms with Crippen LogP contribution in [0.25, 0.3) is 0 Å². The van der Waals surface area contributed by atoms with Gasteiger partial charge in [-0.15, -0.1) is 0 Å². The average molecular weight is 802 g/mol. The summed E-state index contributed by atoms with van der Waals surface area (Å²) in [6, 6.07) is -0.819. The minimum Gasteiger partial charge on any atom is -0.394 e. The average Bonchev–Trinajstić information content (AvgIpc) is 3.22. The summed E-state index contributed by atoms with van der Waals surface area (Å²) in [5.74, 6) is -0.513. The normalized spacial score (nSPS) is 13.7. The maximum absolute atomic E-state index is 12.5. The molecule has 0 bridgehead atoms. The monoisotopic (exact) mass is 802 g/mol. The van der Waals surface area contributed by atoms with Crippen molar-refractivity contribution in [3.8, 4) is 0 Å². The number of aliphatic hydroxyl groups is 3. The Labute approximate surface area is 355 Å². The van der Waals surface area contributed by atoms with E-state index in [0.29, 0.717) is 6.42 Å². The largest absolute Gasteiger partial charge is 0.394 e. The summed E-state index contributed by atoms with van der Waals surface area (Å²) in [7, 11) is 0. The minimum atomic E-state index is -1.11. The van der Waals surface area contributed by atoms with Crippen LogP contribution in [0.4, 0.5) is 0 Å². The zero-order valence-corrected chi connectivity index (χ0v) is 38.2. The molecule has 5 nitrogen and oxygen atoms in total. The van der Waals surface area contributed by atoms with Gasteiger partial charge in [-0.25, -0.2) is 0 Å². The number of hydrogen-bond donors (Lipinski definition) is 4.